The van der Waals surface area contributed by atoms with E-state index in [1.807, 2.05) is 20.8 Å². The molecule has 3 heterocycles. The maximum Gasteiger partial charge on any atom is 0.328 e. The van der Waals surface area contributed by atoms with Crippen LogP contribution in [0.5, 0.6) is 34.5 Å². The number of aromatic hydroxyl groups is 6. The number of hydrogen-bond donors (Lipinski definition) is 15. The predicted molar refractivity (Wildman–Crippen MR) is 443 cm³/mol. The fourth-order valence-corrected chi connectivity index (χ4v) is 13.4. The fourth-order valence-electron chi connectivity index (χ4n) is 13.4. The molecule has 0 spiro atoms. The summed E-state index contributed by atoms with van der Waals surface area (Å²) in [6.07, 6.45) is 1.29. The van der Waals surface area contributed by atoms with Crippen LogP contribution in [0.3, 0.4) is 0 Å². The summed E-state index contributed by atoms with van der Waals surface area (Å²) in [6.45, 7) is 5.80. The van der Waals surface area contributed by atoms with Crippen molar-refractivity contribution in [3.8, 4) is 34.5 Å². The number of benzene rings is 7. The molecule has 15 N–H and O–H groups in total. The number of carbonyl (C=O) groups excluding carboxylic acids is 6. The first-order valence-electron chi connectivity index (χ1n) is 38.3. The van der Waals surface area contributed by atoms with Gasteiger partial charge in [-0.05, 0) is 159 Å². The smallest absolute Gasteiger partial charge is 0.328 e. The van der Waals surface area contributed by atoms with Crippen LogP contribution < -0.4 is 47.9 Å². The van der Waals surface area contributed by atoms with Gasteiger partial charge in [-0.25, -0.2) is 28.8 Å². The van der Waals surface area contributed by atoms with Crippen LogP contribution in [0.2, 0.25) is 0 Å². The summed E-state index contributed by atoms with van der Waals surface area (Å²) in [5, 5.41) is 90.0. The molecule has 7 aromatic carbocycles. The fraction of sp³-hybridized carbons (Fsp3) is 0.321. The molecule has 10 rings (SSSR count). The third-order valence-electron chi connectivity index (χ3n) is 19.4. The second-order valence-corrected chi connectivity index (χ2v) is 27.5. The number of nitrogens with zero attached hydrogens (tertiary/aromatic N) is 9. The zero-order chi connectivity index (χ0) is 85.9. The quantitative estimate of drug-likeness (QED) is 0.0127. The van der Waals surface area contributed by atoms with Crippen molar-refractivity contribution in [2.45, 2.75) is 134 Å². The highest BCUT2D eigenvalue weighted by Gasteiger charge is 2.31. The number of phenolic OH excluding ortho intramolecular Hbond substituents is 6. The van der Waals surface area contributed by atoms with E-state index in [9.17, 15) is 59.4 Å². The van der Waals surface area contributed by atoms with Crippen molar-refractivity contribution < 1.29 is 87.8 Å². The summed E-state index contributed by atoms with van der Waals surface area (Å²) in [5.74, 6) is -5.22. The van der Waals surface area contributed by atoms with E-state index >= 15 is 0 Å². The Morgan fingerprint density at radius 1 is 0.242 bits per heavy atom. The number of carbonyl (C=O) groups is 6. The normalized spacial score (nSPS) is 12.5. The Kier molecular flexibility index (Phi) is 30.9. The zero-order valence-corrected chi connectivity index (χ0v) is 67.4. The first-order chi connectivity index (χ1) is 57.9. The Labute approximate surface area is 690 Å². The van der Waals surface area contributed by atoms with Gasteiger partial charge in [0.25, 0.3) is 0 Å². The van der Waals surface area contributed by atoms with Gasteiger partial charge in [0.1, 0.15) is 70.7 Å². The van der Waals surface area contributed by atoms with Gasteiger partial charge < -0.3 is 107 Å². The van der Waals surface area contributed by atoms with E-state index < -0.39 is 72.1 Å². The van der Waals surface area contributed by atoms with E-state index in [1.54, 1.807) is 72.8 Å². The van der Waals surface area contributed by atoms with Crippen molar-refractivity contribution >= 4 is 89.4 Å². The molecular weight excluding hydrogens is 1550 g/mol. The zero-order valence-electron chi connectivity index (χ0n) is 67.4. The summed E-state index contributed by atoms with van der Waals surface area (Å²) in [6, 6.07) is 30.6. The van der Waals surface area contributed by atoms with Crippen molar-refractivity contribution in [2.24, 2.45) is 0 Å². The van der Waals surface area contributed by atoms with Gasteiger partial charge in [0.05, 0.1) is 42.7 Å². The van der Waals surface area contributed by atoms with Crippen LogP contribution in [-0.4, -0.2) is 190 Å². The Balaban J connectivity index is 1.12. The number of aromatic nitrogens is 9. The third kappa shape index (κ3) is 24.5. The number of nitrogens with one attached hydrogen (secondary N) is 9. The van der Waals surface area contributed by atoms with Crippen LogP contribution in [0.15, 0.2) is 146 Å². The largest absolute Gasteiger partial charge is 0.508 e. The number of methoxy groups -OCH3 is 6. The summed E-state index contributed by atoms with van der Waals surface area (Å²) in [4.78, 5) is 126. The molecule has 0 radical (unpaired) electrons. The van der Waals surface area contributed by atoms with Crippen molar-refractivity contribution in [1.29, 1.82) is 0 Å². The highest BCUT2D eigenvalue weighted by Crippen LogP contribution is 2.34. The molecule has 0 amide bonds. The number of esters is 6. The van der Waals surface area contributed by atoms with Crippen LogP contribution in [0.1, 0.15) is 87.5 Å². The highest BCUT2D eigenvalue weighted by molar-refractivity contribution is 5.83. The SMILES string of the molecule is CCc1c(CNc2nc(N[C@@H](Cc3ccc(O)cc3)C(=O)OC)nc(N[C@@H](Cc3ccc(O)cc3)C(=O)OC)n2)c(CC)c(CNc2nc(N[C@@H](Cc3ccc(O)cc3)C(=O)OC)nc(N[C@@H](Cc3ccc(O)cc3)C(=O)OC)n2)c(CC)c1CNc1nc(N[C@@H](Cc2ccc(O)cc2)C(=O)OC)nc(N[C@@H](Cc2ccc(O)cc2)C(=O)OC)n1. The second-order valence-electron chi connectivity index (χ2n) is 27.5. The highest BCUT2D eigenvalue weighted by atomic mass is 16.5. The van der Waals surface area contributed by atoms with Gasteiger partial charge in [-0.3, -0.25) is 0 Å². The van der Waals surface area contributed by atoms with Gasteiger partial charge >= 0.3 is 35.8 Å². The number of phenols is 6. The summed E-state index contributed by atoms with van der Waals surface area (Å²) in [5.41, 5.74) is 8.41. The molecule has 120 heavy (non-hydrogen) atoms. The molecule has 0 fully saturated rings. The molecule has 0 aliphatic carbocycles. The molecule has 0 bridgehead atoms. The number of rotatable bonds is 42. The van der Waals surface area contributed by atoms with E-state index in [4.69, 9.17) is 73.3 Å². The maximum atomic E-state index is 13.8. The van der Waals surface area contributed by atoms with Crippen LogP contribution in [0.4, 0.5) is 53.5 Å². The van der Waals surface area contributed by atoms with E-state index in [2.05, 4.69) is 47.9 Å². The molecule has 3 aromatic heterocycles. The Hall–Kier alpha value is -14.6. The first-order valence-corrected chi connectivity index (χ1v) is 38.3. The molecule has 10 aromatic rings. The minimum Gasteiger partial charge on any atom is -0.508 e. The van der Waals surface area contributed by atoms with Crippen LogP contribution in [0, 0.1) is 0 Å². The first kappa shape index (κ1) is 87.8. The predicted octanol–water partition coefficient (Wildman–Crippen LogP) is 8.18. The molecule has 36 nitrogen and oxygen atoms in total. The lowest BCUT2D eigenvalue weighted by atomic mass is 9.83. The third-order valence-corrected chi connectivity index (χ3v) is 19.4. The molecular formula is C84H96N18O18. The molecule has 0 aliphatic heterocycles. The number of ether oxygens (including phenoxy) is 6. The molecule has 630 valence electrons. The van der Waals surface area contributed by atoms with Crippen LogP contribution >= 0.6 is 0 Å². The molecule has 0 saturated heterocycles. The van der Waals surface area contributed by atoms with Crippen LogP contribution in [0.25, 0.3) is 0 Å². The van der Waals surface area contributed by atoms with Gasteiger partial charge in [0.2, 0.25) is 53.5 Å². The van der Waals surface area contributed by atoms with Gasteiger partial charge in [0, 0.05) is 58.2 Å². The average molecular weight is 1650 g/mol. The van der Waals surface area contributed by atoms with Gasteiger partial charge in [-0.15, -0.1) is 0 Å². The summed E-state index contributed by atoms with van der Waals surface area (Å²) >= 11 is 0. The van der Waals surface area contributed by atoms with E-state index in [0.717, 1.165) is 33.4 Å². The minimum absolute atomic E-state index is 0.00255. The topological polar surface area (TPSA) is 503 Å². The van der Waals surface area contributed by atoms with E-state index in [-0.39, 0.29) is 146 Å². The molecule has 0 aliphatic rings. The molecule has 0 unspecified atom stereocenters. The summed E-state index contributed by atoms with van der Waals surface area (Å²) in [7, 11) is 7.35. The van der Waals surface area contributed by atoms with Crippen molar-refractivity contribution in [3.63, 3.8) is 0 Å². The Morgan fingerprint density at radius 3 is 0.517 bits per heavy atom. The van der Waals surface area contributed by atoms with Gasteiger partial charge in [-0.2, -0.15) is 44.9 Å². The number of hydrogen-bond acceptors (Lipinski definition) is 36. The lowest BCUT2D eigenvalue weighted by Crippen LogP contribution is -2.35. The molecule has 0 saturated carbocycles. The van der Waals surface area contributed by atoms with Gasteiger partial charge in [-0.1, -0.05) is 93.6 Å². The lowest BCUT2D eigenvalue weighted by Gasteiger charge is -2.27. The van der Waals surface area contributed by atoms with Crippen LogP contribution in [-0.2, 0) is 135 Å². The second kappa shape index (κ2) is 42.3. The Morgan fingerprint density at radius 2 is 0.383 bits per heavy atom. The molecule has 36 heteroatoms. The van der Waals surface area contributed by atoms with Gasteiger partial charge in [0.15, 0.2) is 0 Å². The van der Waals surface area contributed by atoms with Crippen molar-refractivity contribution in [3.05, 3.63) is 212 Å². The van der Waals surface area contributed by atoms with E-state index in [1.165, 1.54) is 115 Å². The molecule has 6 atom stereocenters. The Bertz CT molecular complexity index is 4370. The summed E-state index contributed by atoms with van der Waals surface area (Å²) < 4.78 is 31.7. The maximum absolute atomic E-state index is 13.8. The minimum atomic E-state index is -1.13. The lowest BCUT2D eigenvalue weighted by molar-refractivity contribution is -0.142. The monoisotopic (exact) mass is 1640 g/mol. The van der Waals surface area contributed by atoms with Crippen molar-refractivity contribution in [1.82, 2.24) is 44.9 Å². The van der Waals surface area contributed by atoms with E-state index in [0.29, 0.717) is 52.6 Å². The van der Waals surface area contributed by atoms with Crippen molar-refractivity contribution in [2.75, 3.05) is 90.5 Å². The standard InChI is InChI=1S/C84H96N18O18/c1-10-58-61(43-85-76-94-79(88-64(70(109)115-4)37-46-13-25-52(103)26-14-46)100-80(95-76)89-65(71(110)116-5)38-47-15-27-53(104)28-16-47)59(11-2)63(45-87-78-98-83(92-68(74(113)119-8)41-50-21-33-56(107)34-22-50)102-84(99-78)93-69(75(114)120-9)42-51-23-35-57(108)36-24-51)60(12-3)62(58)44-86-77-96-81(90-66(72(111)117-6)39-48-17-29-54(105)30-18-48)101-82(97-77)91-67(73(112)118-7)40-49-19-31-55(106)32-20-49/h13-36,64-69,103-108H,10-12,37-45H2,1-9H3,(H3,85,88,89,94,95,100)(H3,86,90,91,96,97,101)(H3,87,92,93,98,99,102)/t64-,65-,66-,67-,68-,69-/m0/s1. The average Bonchev–Trinajstić information content (AvgIpc) is 0.764. The number of anilines is 9.